The molecule has 2 nitrogen and oxygen atoms in total. The van der Waals surface area contributed by atoms with E-state index >= 15 is 0 Å². The van der Waals surface area contributed by atoms with Gasteiger partial charge in [0.15, 0.2) is 0 Å². The number of hydrogen-bond donors (Lipinski definition) is 1. The lowest BCUT2D eigenvalue weighted by Gasteiger charge is -2.14. The van der Waals surface area contributed by atoms with Crippen molar-refractivity contribution in [3.8, 4) is 0 Å². The van der Waals surface area contributed by atoms with Crippen molar-refractivity contribution in [3.05, 3.63) is 46.4 Å². The standard InChI is InChI=1S/C12H11F3N2S/c1-8(9-4-5-18-7-9)17-10-2-3-11(16-6-10)12(13,14)15/h2-8,17H,1H3. The molecule has 0 spiro atoms. The van der Waals surface area contributed by atoms with Crippen molar-refractivity contribution in [2.45, 2.75) is 19.1 Å². The van der Waals surface area contributed by atoms with Gasteiger partial charge in [-0.3, -0.25) is 0 Å². The number of thiophene rings is 1. The molecule has 2 heterocycles. The highest BCUT2D eigenvalue weighted by Crippen LogP contribution is 2.28. The molecule has 1 N–H and O–H groups in total. The molecule has 1 unspecified atom stereocenters. The predicted molar refractivity (Wildman–Crippen MR) is 65.6 cm³/mol. The van der Waals surface area contributed by atoms with Gasteiger partial charge in [-0.1, -0.05) is 0 Å². The first-order valence-corrected chi connectivity index (χ1v) is 6.23. The van der Waals surface area contributed by atoms with Gasteiger partial charge in [0.2, 0.25) is 0 Å². The van der Waals surface area contributed by atoms with Gasteiger partial charge in [-0.25, -0.2) is 4.98 Å². The van der Waals surface area contributed by atoms with Crippen molar-refractivity contribution in [1.29, 1.82) is 0 Å². The molecule has 1 atom stereocenters. The Morgan fingerprint density at radius 2 is 2.06 bits per heavy atom. The van der Waals surface area contributed by atoms with Crippen LogP contribution in [-0.4, -0.2) is 4.98 Å². The first-order chi connectivity index (χ1) is 8.47. The summed E-state index contributed by atoms with van der Waals surface area (Å²) in [6, 6.07) is 4.37. The van der Waals surface area contributed by atoms with Crippen LogP contribution in [-0.2, 0) is 6.18 Å². The van der Waals surface area contributed by atoms with Crippen LogP contribution < -0.4 is 5.32 Å². The van der Waals surface area contributed by atoms with E-state index < -0.39 is 11.9 Å². The van der Waals surface area contributed by atoms with Crippen LogP contribution in [0.3, 0.4) is 0 Å². The second-order valence-corrected chi connectivity index (χ2v) is 4.63. The monoisotopic (exact) mass is 272 g/mol. The molecule has 2 aromatic rings. The lowest BCUT2D eigenvalue weighted by molar-refractivity contribution is -0.141. The molecular formula is C12H11F3N2S. The minimum absolute atomic E-state index is 0.0368. The van der Waals surface area contributed by atoms with E-state index in [0.717, 1.165) is 11.6 Å². The molecule has 0 aliphatic heterocycles. The Morgan fingerprint density at radius 1 is 1.28 bits per heavy atom. The summed E-state index contributed by atoms with van der Waals surface area (Å²) in [5.41, 5.74) is 0.790. The number of hydrogen-bond acceptors (Lipinski definition) is 3. The maximum Gasteiger partial charge on any atom is 0.433 e. The van der Waals surface area contributed by atoms with E-state index in [9.17, 15) is 13.2 Å². The maximum atomic E-state index is 12.3. The van der Waals surface area contributed by atoms with Gasteiger partial charge in [0, 0.05) is 6.04 Å². The van der Waals surface area contributed by atoms with Crippen LogP contribution in [0.15, 0.2) is 35.2 Å². The topological polar surface area (TPSA) is 24.9 Å². The van der Waals surface area contributed by atoms with Crippen molar-refractivity contribution in [2.75, 3.05) is 5.32 Å². The minimum Gasteiger partial charge on any atom is -0.377 e. The number of nitrogens with one attached hydrogen (secondary N) is 1. The average molecular weight is 272 g/mol. The number of rotatable bonds is 3. The number of anilines is 1. The molecule has 0 saturated heterocycles. The summed E-state index contributed by atoms with van der Waals surface area (Å²) in [7, 11) is 0. The largest absolute Gasteiger partial charge is 0.433 e. The molecule has 18 heavy (non-hydrogen) atoms. The Balaban J connectivity index is 2.07. The predicted octanol–water partition coefficient (Wildman–Crippen LogP) is 4.34. The van der Waals surface area contributed by atoms with E-state index in [1.807, 2.05) is 23.8 Å². The molecule has 0 radical (unpaired) electrons. The fourth-order valence-corrected chi connectivity index (χ4v) is 2.26. The van der Waals surface area contributed by atoms with Gasteiger partial charge >= 0.3 is 6.18 Å². The quantitative estimate of drug-likeness (QED) is 0.899. The fourth-order valence-electron chi connectivity index (χ4n) is 1.50. The summed E-state index contributed by atoms with van der Waals surface area (Å²) >= 11 is 1.58. The summed E-state index contributed by atoms with van der Waals surface area (Å²) in [5.74, 6) is 0. The van der Waals surface area contributed by atoms with Gasteiger partial charge < -0.3 is 5.32 Å². The van der Waals surface area contributed by atoms with Gasteiger partial charge in [-0.2, -0.15) is 24.5 Å². The molecule has 0 bridgehead atoms. The number of pyridine rings is 1. The molecule has 0 aliphatic rings. The minimum atomic E-state index is -4.39. The third-order valence-corrected chi connectivity index (χ3v) is 3.18. The first-order valence-electron chi connectivity index (χ1n) is 5.28. The SMILES string of the molecule is CC(Nc1ccc(C(F)(F)F)nc1)c1ccsc1. The molecule has 0 aromatic carbocycles. The highest BCUT2D eigenvalue weighted by Gasteiger charge is 2.32. The smallest absolute Gasteiger partial charge is 0.377 e. The molecular weight excluding hydrogens is 261 g/mol. The zero-order valence-corrected chi connectivity index (χ0v) is 10.3. The van der Waals surface area contributed by atoms with Crippen LogP contribution in [0.1, 0.15) is 24.2 Å². The number of halogens is 3. The molecule has 2 aromatic heterocycles. The van der Waals surface area contributed by atoms with Crippen LogP contribution in [0, 0.1) is 0 Å². The molecule has 2 rings (SSSR count). The summed E-state index contributed by atoms with van der Waals surface area (Å²) < 4.78 is 37.0. The van der Waals surface area contributed by atoms with E-state index in [0.29, 0.717) is 5.69 Å². The molecule has 0 fully saturated rings. The van der Waals surface area contributed by atoms with Crippen molar-refractivity contribution >= 4 is 17.0 Å². The highest BCUT2D eigenvalue weighted by molar-refractivity contribution is 7.07. The Labute approximate surface area is 106 Å². The molecule has 6 heteroatoms. The Bertz CT molecular complexity index is 491. The van der Waals surface area contributed by atoms with Gasteiger partial charge in [0.05, 0.1) is 11.9 Å². The van der Waals surface area contributed by atoms with Gasteiger partial charge in [-0.15, -0.1) is 0 Å². The fraction of sp³-hybridized carbons (Fsp3) is 0.250. The lowest BCUT2D eigenvalue weighted by atomic mass is 10.2. The van der Waals surface area contributed by atoms with Crippen molar-refractivity contribution in [2.24, 2.45) is 0 Å². The normalized spacial score (nSPS) is 13.3. The maximum absolute atomic E-state index is 12.3. The Morgan fingerprint density at radius 3 is 2.56 bits per heavy atom. The third-order valence-electron chi connectivity index (χ3n) is 2.48. The van der Waals surface area contributed by atoms with Crippen LogP contribution in [0.2, 0.25) is 0 Å². The second-order valence-electron chi connectivity index (χ2n) is 3.85. The van der Waals surface area contributed by atoms with Crippen molar-refractivity contribution in [1.82, 2.24) is 4.98 Å². The lowest BCUT2D eigenvalue weighted by Crippen LogP contribution is -2.09. The molecule has 96 valence electrons. The van der Waals surface area contributed by atoms with E-state index in [1.54, 1.807) is 11.3 Å². The zero-order chi connectivity index (χ0) is 13.2. The Hall–Kier alpha value is -1.56. The van der Waals surface area contributed by atoms with E-state index in [1.165, 1.54) is 12.3 Å². The summed E-state index contributed by atoms with van der Waals surface area (Å²) in [6.07, 6.45) is -3.19. The summed E-state index contributed by atoms with van der Waals surface area (Å²) in [5, 5.41) is 7.05. The highest BCUT2D eigenvalue weighted by atomic mass is 32.1. The Kier molecular flexibility index (Phi) is 3.56. The van der Waals surface area contributed by atoms with Crippen LogP contribution >= 0.6 is 11.3 Å². The van der Waals surface area contributed by atoms with Gasteiger partial charge in [0.1, 0.15) is 5.69 Å². The second kappa shape index (κ2) is 4.97. The third kappa shape index (κ3) is 3.01. The molecule has 0 aliphatic carbocycles. The zero-order valence-electron chi connectivity index (χ0n) is 9.53. The first kappa shape index (κ1) is 12.9. The summed E-state index contributed by atoms with van der Waals surface area (Å²) in [4.78, 5) is 3.40. The van der Waals surface area contributed by atoms with Gasteiger partial charge in [0.25, 0.3) is 0 Å². The number of aromatic nitrogens is 1. The van der Waals surface area contributed by atoms with E-state index in [2.05, 4.69) is 10.3 Å². The summed E-state index contributed by atoms with van der Waals surface area (Å²) in [6.45, 7) is 1.94. The average Bonchev–Trinajstić information content (AvgIpc) is 2.82. The van der Waals surface area contributed by atoms with Gasteiger partial charge in [-0.05, 0) is 41.4 Å². The van der Waals surface area contributed by atoms with Crippen LogP contribution in [0.4, 0.5) is 18.9 Å². The van der Waals surface area contributed by atoms with E-state index in [-0.39, 0.29) is 6.04 Å². The molecule has 0 amide bonds. The van der Waals surface area contributed by atoms with Crippen molar-refractivity contribution < 1.29 is 13.2 Å². The van der Waals surface area contributed by atoms with Crippen LogP contribution in [0.5, 0.6) is 0 Å². The van der Waals surface area contributed by atoms with E-state index in [4.69, 9.17) is 0 Å². The van der Waals surface area contributed by atoms with Crippen molar-refractivity contribution in [3.63, 3.8) is 0 Å². The number of alkyl halides is 3. The van der Waals surface area contributed by atoms with Crippen LogP contribution in [0.25, 0.3) is 0 Å². The molecule has 0 saturated carbocycles. The number of nitrogens with zero attached hydrogens (tertiary/aromatic N) is 1.